The number of carbonyl (C=O) groups excluding carboxylic acids is 1. The number of halogens is 1. The molecule has 0 aromatic heterocycles. The van der Waals surface area contributed by atoms with Crippen LogP contribution in [0.4, 0.5) is 0 Å². The van der Waals surface area contributed by atoms with Crippen molar-refractivity contribution >= 4 is 21.8 Å². The first-order chi connectivity index (χ1) is 8.86. The monoisotopic (exact) mass is 320 g/mol. The maximum atomic E-state index is 12.7. The summed E-state index contributed by atoms with van der Waals surface area (Å²) in [6.07, 6.45) is 1.98. The molecular formula is C15H17BrN2O. The minimum Gasteiger partial charge on any atom is -0.317 e. The normalized spacial score (nSPS) is 14.9. The number of hydrogen-bond donors (Lipinski definition) is 0. The van der Waals surface area contributed by atoms with Crippen LogP contribution in [0, 0.1) is 18.3 Å². The molecule has 1 fully saturated rings. The quantitative estimate of drug-likeness (QED) is 0.853. The smallest absolute Gasteiger partial charge is 0.255 e. The zero-order chi connectivity index (χ0) is 14.2. The lowest BCUT2D eigenvalue weighted by molar-refractivity contribution is 0.0615. The van der Waals surface area contributed by atoms with E-state index in [-0.39, 0.29) is 11.9 Å². The molecule has 19 heavy (non-hydrogen) atoms. The highest BCUT2D eigenvalue weighted by Gasteiger charge is 2.42. The Morgan fingerprint density at radius 2 is 2.11 bits per heavy atom. The lowest BCUT2D eigenvalue weighted by Gasteiger charge is -2.33. The highest BCUT2D eigenvalue weighted by molar-refractivity contribution is 9.10. The third kappa shape index (κ3) is 2.82. The Hall–Kier alpha value is -1.34. The van der Waals surface area contributed by atoms with Crippen molar-refractivity contribution in [1.82, 2.24) is 4.90 Å². The van der Waals surface area contributed by atoms with Gasteiger partial charge in [0.1, 0.15) is 5.54 Å². The highest BCUT2D eigenvalue weighted by atomic mass is 79.9. The third-order valence-electron chi connectivity index (χ3n) is 3.41. The molecule has 0 bridgehead atoms. The lowest BCUT2D eigenvalue weighted by atomic mass is 10.0. The molecular weight excluding hydrogens is 304 g/mol. The molecule has 0 aliphatic heterocycles. The Morgan fingerprint density at radius 3 is 2.58 bits per heavy atom. The van der Waals surface area contributed by atoms with E-state index < -0.39 is 5.54 Å². The van der Waals surface area contributed by atoms with Gasteiger partial charge < -0.3 is 4.90 Å². The molecule has 3 nitrogen and oxygen atoms in total. The van der Waals surface area contributed by atoms with Gasteiger partial charge in [0.2, 0.25) is 0 Å². The van der Waals surface area contributed by atoms with E-state index in [0.29, 0.717) is 5.56 Å². The largest absolute Gasteiger partial charge is 0.317 e. The first-order valence-corrected chi connectivity index (χ1v) is 7.17. The van der Waals surface area contributed by atoms with Gasteiger partial charge >= 0.3 is 0 Å². The molecule has 1 aliphatic carbocycles. The maximum Gasteiger partial charge on any atom is 0.255 e. The van der Waals surface area contributed by atoms with Gasteiger partial charge in [0.15, 0.2) is 0 Å². The Bertz CT molecular complexity index is 556. The van der Waals surface area contributed by atoms with Gasteiger partial charge in [0, 0.05) is 16.1 Å². The average Bonchev–Trinajstić information content (AvgIpc) is 3.17. The van der Waals surface area contributed by atoms with E-state index in [0.717, 1.165) is 22.9 Å². The number of aryl methyl sites for hydroxylation is 1. The van der Waals surface area contributed by atoms with Crippen LogP contribution in [-0.2, 0) is 0 Å². The number of hydrogen-bond acceptors (Lipinski definition) is 2. The summed E-state index contributed by atoms with van der Waals surface area (Å²) in [4.78, 5) is 14.4. The molecule has 100 valence electrons. The molecule has 1 aliphatic rings. The molecule has 0 radical (unpaired) electrons. The predicted molar refractivity (Wildman–Crippen MR) is 77.8 cm³/mol. The van der Waals surface area contributed by atoms with Crippen LogP contribution in [0.15, 0.2) is 22.7 Å². The maximum absolute atomic E-state index is 12.7. The second kappa shape index (κ2) is 4.97. The highest BCUT2D eigenvalue weighted by Crippen LogP contribution is 2.34. The summed E-state index contributed by atoms with van der Waals surface area (Å²) in [5.74, 6) is -0.0512. The number of nitrogens with zero attached hydrogens (tertiary/aromatic N) is 2. The van der Waals surface area contributed by atoms with Gasteiger partial charge in [-0.1, -0.05) is 15.9 Å². The van der Waals surface area contributed by atoms with Crippen LogP contribution in [0.3, 0.4) is 0 Å². The van der Waals surface area contributed by atoms with Crippen molar-refractivity contribution in [1.29, 1.82) is 5.26 Å². The van der Waals surface area contributed by atoms with Crippen LogP contribution < -0.4 is 0 Å². The number of amides is 1. The summed E-state index contributed by atoms with van der Waals surface area (Å²) in [6, 6.07) is 8.01. The van der Waals surface area contributed by atoms with Crippen molar-refractivity contribution in [3.05, 3.63) is 33.8 Å². The van der Waals surface area contributed by atoms with E-state index >= 15 is 0 Å². The van der Waals surface area contributed by atoms with Crippen LogP contribution in [-0.4, -0.2) is 22.4 Å². The minimum absolute atomic E-state index is 0.0512. The van der Waals surface area contributed by atoms with Crippen molar-refractivity contribution in [2.45, 2.75) is 45.2 Å². The molecule has 0 N–H and O–H groups in total. The predicted octanol–water partition coefficient (Wildman–Crippen LogP) is 3.66. The van der Waals surface area contributed by atoms with Crippen LogP contribution >= 0.6 is 15.9 Å². The topological polar surface area (TPSA) is 44.1 Å². The number of benzene rings is 1. The molecule has 0 atom stereocenters. The van der Waals surface area contributed by atoms with Crippen LogP contribution in [0.25, 0.3) is 0 Å². The first kappa shape index (κ1) is 14.1. The fourth-order valence-electron chi connectivity index (χ4n) is 2.18. The number of rotatable bonds is 3. The van der Waals surface area contributed by atoms with Gasteiger partial charge in [0.25, 0.3) is 5.91 Å². The fraction of sp³-hybridized carbons (Fsp3) is 0.467. The number of carbonyl (C=O) groups is 1. The van der Waals surface area contributed by atoms with Crippen molar-refractivity contribution < 1.29 is 4.79 Å². The van der Waals surface area contributed by atoms with E-state index in [1.807, 2.05) is 25.1 Å². The molecule has 1 aromatic rings. The van der Waals surface area contributed by atoms with E-state index in [9.17, 15) is 10.1 Å². The summed E-state index contributed by atoms with van der Waals surface area (Å²) < 4.78 is 0.988. The summed E-state index contributed by atoms with van der Waals surface area (Å²) in [5, 5.41) is 9.28. The average molecular weight is 321 g/mol. The second-order valence-corrected chi connectivity index (χ2v) is 6.40. The Kier molecular flexibility index (Phi) is 3.69. The van der Waals surface area contributed by atoms with Gasteiger partial charge in [-0.25, -0.2) is 0 Å². The Morgan fingerprint density at radius 1 is 1.47 bits per heavy atom. The van der Waals surface area contributed by atoms with E-state index in [1.165, 1.54) is 0 Å². The molecule has 0 spiro atoms. The molecule has 1 saturated carbocycles. The van der Waals surface area contributed by atoms with Gasteiger partial charge in [-0.3, -0.25) is 4.79 Å². The summed E-state index contributed by atoms with van der Waals surface area (Å²) in [5.41, 5.74) is 0.909. The third-order valence-corrected chi connectivity index (χ3v) is 4.30. The van der Waals surface area contributed by atoms with Gasteiger partial charge in [-0.05, 0) is 57.4 Å². The lowest BCUT2D eigenvalue weighted by Crippen LogP contribution is -2.48. The molecule has 0 saturated heterocycles. The molecule has 2 rings (SSSR count). The van der Waals surface area contributed by atoms with E-state index in [1.54, 1.807) is 18.7 Å². The van der Waals surface area contributed by atoms with Gasteiger partial charge in [-0.2, -0.15) is 5.26 Å². The van der Waals surface area contributed by atoms with Gasteiger partial charge in [0.05, 0.1) is 6.07 Å². The second-order valence-electron chi connectivity index (χ2n) is 5.54. The fourth-order valence-corrected chi connectivity index (χ4v) is 2.43. The van der Waals surface area contributed by atoms with E-state index in [2.05, 4.69) is 22.0 Å². The van der Waals surface area contributed by atoms with Crippen molar-refractivity contribution in [2.24, 2.45) is 0 Å². The first-order valence-electron chi connectivity index (χ1n) is 6.38. The SMILES string of the molecule is Cc1cc(C(=O)N(C2CC2)C(C)(C)C#N)ccc1Br. The Balaban J connectivity index is 2.35. The zero-order valence-electron chi connectivity index (χ0n) is 11.4. The Labute approximate surface area is 122 Å². The van der Waals surface area contributed by atoms with Crippen molar-refractivity contribution in [2.75, 3.05) is 0 Å². The van der Waals surface area contributed by atoms with Crippen molar-refractivity contribution in [3.8, 4) is 6.07 Å². The van der Waals surface area contributed by atoms with Crippen LogP contribution in [0.2, 0.25) is 0 Å². The van der Waals surface area contributed by atoms with Crippen molar-refractivity contribution in [3.63, 3.8) is 0 Å². The van der Waals surface area contributed by atoms with Crippen LogP contribution in [0.1, 0.15) is 42.6 Å². The molecule has 0 heterocycles. The molecule has 0 unspecified atom stereocenters. The summed E-state index contributed by atoms with van der Waals surface area (Å²) in [6.45, 7) is 5.56. The molecule has 1 aromatic carbocycles. The zero-order valence-corrected chi connectivity index (χ0v) is 13.0. The minimum atomic E-state index is -0.765. The summed E-state index contributed by atoms with van der Waals surface area (Å²) >= 11 is 3.43. The number of nitriles is 1. The van der Waals surface area contributed by atoms with Gasteiger partial charge in [-0.15, -0.1) is 0 Å². The molecule has 1 amide bonds. The van der Waals surface area contributed by atoms with Crippen LogP contribution in [0.5, 0.6) is 0 Å². The summed E-state index contributed by atoms with van der Waals surface area (Å²) in [7, 11) is 0. The molecule has 4 heteroatoms. The standard InChI is InChI=1S/C15H17BrN2O/c1-10-8-11(4-7-13(10)16)14(19)18(12-5-6-12)15(2,3)9-17/h4,7-8,12H,5-6H2,1-3H3. The van der Waals surface area contributed by atoms with E-state index in [4.69, 9.17) is 0 Å².